The molecule has 24 heavy (non-hydrogen) atoms. The normalized spacial score (nSPS) is 9.79. The van der Waals surface area contributed by atoms with E-state index in [1.54, 1.807) is 0 Å². The van der Waals surface area contributed by atoms with Gasteiger partial charge in [-0.25, -0.2) is 9.59 Å². The third-order valence-electron chi connectivity index (χ3n) is 2.92. The molecule has 1 aromatic carbocycles. The number of hydrogen-bond donors (Lipinski definition) is 3. The number of hydrogen-bond acceptors (Lipinski definition) is 7. The fourth-order valence-electron chi connectivity index (χ4n) is 1.72. The standard InChI is InChI=1S/C15H18N2O7/c1-23-14(21)9-4-5-10(15(22)24-2)11(8-9)17-13(20)12(19)16-6-3-7-18/h4-5,8,18H,3,6-7H2,1-2H3,(H,16,19)(H,17,20). The van der Waals surface area contributed by atoms with E-state index < -0.39 is 23.8 Å². The van der Waals surface area contributed by atoms with E-state index in [0.29, 0.717) is 6.42 Å². The van der Waals surface area contributed by atoms with Crippen molar-refractivity contribution in [2.45, 2.75) is 6.42 Å². The first-order valence-electron chi connectivity index (χ1n) is 6.95. The van der Waals surface area contributed by atoms with E-state index in [2.05, 4.69) is 20.1 Å². The number of ether oxygens (including phenoxy) is 2. The molecule has 0 atom stereocenters. The second kappa shape index (κ2) is 9.26. The van der Waals surface area contributed by atoms with Gasteiger partial charge in [0.2, 0.25) is 0 Å². The van der Waals surface area contributed by atoms with Gasteiger partial charge in [0.15, 0.2) is 0 Å². The van der Waals surface area contributed by atoms with Crippen LogP contribution in [0.4, 0.5) is 5.69 Å². The van der Waals surface area contributed by atoms with Crippen LogP contribution in [0.25, 0.3) is 0 Å². The fourth-order valence-corrected chi connectivity index (χ4v) is 1.72. The molecule has 0 spiro atoms. The molecule has 2 amide bonds. The SMILES string of the molecule is COC(=O)c1ccc(C(=O)OC)c(NC(=O)C(=O)NCCCO)c1. The number of carbonyl (C=O) groups excluding carboxylic acids is 4. The third kappa shape index (κ3) is 5.06. The van der Waals surface area contributed by atoms with Crippen LogP contribution < -0.4 is 10.6 Å². The molecular weight excluding hydrogens is 320 g/mol. The molecule has 0 aliphatic rings. The molecule has 0 aliphatic carbocycles. The first kappa shape index (κ1) is 19.1. The molecule has 9 nitrogen and oxygen atoms in total. The maximum Gasteiger partial charge on any atom is 0.339 e. The predicted octanol–water partition coefficient (Wildman–Crippen LogP) is -0.303. The zero-order valence-electron chi connectivity index (χ0n) is 13.3. The Hall–Kier alpha value is -2.94. The molecule has 1 aromatic rings. The minimum absolute atomic E-state index is 0.0262. The lowest BCUT2D eigenvalue weighted by molar-refractivity contribution is -0.136. The highest BCUT2D eigenvalue weighted by Crippen LogP contribution is 2.19. The quantitative estimate of drug-likeness (QED) is 0.368. The first-order valence-corrected chi connectivity index (χ1v) is 6.95. The Balaban J connectivity index is 3.01. The molecule has 0 saturated heterocycles. The van der Waals surface area contributed by atoms with Crippen LogP contribution in [-0.4, -0.2) is 56.2 Å². The Kier molecular flexibility index (Phi) is 7.37. The van der Waals surface area contributed by atoms with Crippen LogP contribution in [0.5, 0.6) is 0 Å². The van der Waals surface area contributed by atoms with Gasteiger partial charge in [-0.1, -0.05) is 0 Å². The van der Waals surface area contributed by atoms with Crippen molar-refractivity contribution in [3.05, 3.63) is 29.3 Å². The molecule has 0 aliphatic heterocycles. The van der Waals surface area contributed by atoms with E-state index in [1.165, 1.54) is 25.3 Å². The Labute approximate surface area is 137 Å². The average molecular weight is 338 g/mol. The van der Waals surface area contributed by atoms with Crippen LogP contribution in [-0.2, 0) is 19.1 Å². The van der Waals surface area contributed by atoms with Crippen molar-refractivity contribution in [3.8, 4) is 0 Å². The van der Waals surface area contributed by atoms with Crippen molar-refractivity contribution >= 4 is 29.4 Å². The molecule has 1 rings (SSSR count). The summed E-state index contributed by atoms with van der Waals surface area (Å²) < 4.78 is 9.16. The Morgan fingerprint density at radius 2 is 1.71 bits per heavy atom. The topological polar surface area (TPSA) is 131 Å². The highest BCUT2D eigenvalue weighted by atomic mass is 16.5. The van der Waals surface area contributed by atoms with E-state index >= 15 is 0 Å². The van der Waals surface area contributed by atoms with E-state index in [1.807, 2.05) is 0 Å². The van der Waals surface area contributed by atoms with Gasteiger partial charge in [0.1, 0.15) is 0 Å². The summed E-state index contributed by atoms with van der Waals surface area (Å²) in [5.41, 5.74) is -0.00476. The predicted molar refractivity (Wildman–Crippen MR) is 82.5 cm³/mol. The molecule has 0 unspecified atom stereocenters. The van der Waals surface area contributed by atoms with Gasteiger partial charge in [-0.3, -0.25) is 9.59 Å². The average Bonchev–Trinajstić information content (AvgIpc) is 2.60. The second-order valence-corrected chi connectivity index (χ2v) is 4.53. The van der Waals surface area contributed by atoms with Crippen LogP contribution in [0.1, 0.15) is 27.1 Å². The molecule has 9 heteroatoms. The lowest BCUT2D eigenvalue weighted by atomic mass is 10.1. The van der Waals surface area contributed by atoms with Crippen molar-refractivity contribution in [1.29, 1.82) is 0 Å². The number of benzene rings is 1. The number of aliphatic hydroxyl groups is 1. The van der Waals surface area contributed by atoms with Crippen LogP contribution in [0.2, 0.25) is 0 Å². The molecule has 0 fully saturated rings. The number of esters is 2. The molecule has 0 radical (unpaired) electrons. The van der Waals surface area contributed by atoms with Gasteiger partial charge in [0.05, 0.1) is 31.0 Å². The smallest absolute Gasteiger partial charge is 0.339 e. The van der Waals surface area contributed by atoms with Gasteiger partial charge in [-0.15, -0.1) is 0 Å². The van der Waals surface area contributed by atoms with Crippen LogP contribution in [0.15, 0.2) is 18.2 Å². The Morgan fingerprint density at radius 1 is 1.04 bits per heavy atom. The van der Waals surface area contributed by atoms with Crippen molar-refractivity contribution in [2.24, 2.45) is 0 Å². The molecule has 0 bridgehead atoms. The van der Waals surface area contributed by atoms with Gasteiger partial charge < -0.3 is 25.2 Å². The van der Waals surface area contributed by atoms with Gasteiger partial charge >= 0.3 is 23.8 Å². The third-order valence-corrected chi connectivity index (χ3v) is 2.92. The summed E-state index contributed by atoms with van der Waals surface area (Å²) in [4.78, 5) is 46.8. The second-order valence-electron chi connectivity index (χ2n) is 4.53. The molecular formula is C15H18N2O7. The van der Waals surface area contributed by atoms with Gasteiger partial charge in [-0.05, 0) is 24.6 Å². The van der Waals surface area contributed by atoms with Crippen molar-refractivity contribution < 1.29 is 33.8 Å². The molecule has 0 heterocycles. The summed E-state index contributed by atoms with van der Waals surface area (Å²) in [6, 6.07) is 3.81. The van der Waals surface area contributed by atoms with Crippen molar-refractivity contribution in [1.82, 2.24) is 5.32 Å². The zero-order chi connectivity index (χ0) is 18.1. The fraction of sp³-hybridized carbons (Fsp3) is 0.333. The monoisotopic (exact) mass is 338 g/mol. The van der Waals surface area contributed by atoms with Gasteiger partial charge in [0.25, 0.3) is 0 Å². The van der Waals surface area contributed by atoms with Crippen LogP contribution in [0, 0.1) is 0 Å². The van der Waals surface area contributed by atoms with E-state index in [-0.39, 0.29) is 30.0 Å². The molecule has 0 aromatic heterocycles. The minimum Gasteiger partial charge on any atom is -0.465 e. The van der Waals surface area contributed by atoms with E-state index in [4.69, 9.17) is 5.11 Å². The first-order chi connectivity index (χ1) is 11.4. The molecule has 130 valence electrons. The van der Waals surface area contributed by atoms with E-state index in [9.17, 15) is 19.2 Å². The highest BCUT2D eigenvalue weighted by Gasteiger charge is 2.20. The summed E-state index contributed by atoms with van der Waals surface area (Å²) in [6.07, 6.45) is 0.296. The van der Waals surface area contributed by atoms with Crippen molar-refractivity contribution in [2.75, 3.05) is 32.7 Å². The maximum atomic E-state index is 11.9. The van der Waals surface area contributed by atoms with Crippen LogP contribution in [0.3, 0.4) is 0 Å². The number of amides is 2. The van der Waals surface area contributed by atoms with Gasteiger partial charge in [-0.2, -0.15) is 0 Å². The summed E-state index contributed by atoms with van der Waals surface area (Å²) in [5.74, 6) is -3.39. The number of anilines is 1. The van der Waals surface area contributed by atoms with Gasteiger partial charge in [0, 0.05) is 13.2 Å². The number of aliphatic hydroxyl groups excluding tert-OH is 1. The highest BCUT2D eigenvalue weighted by molar-refractivity contribution is 6.40. The largest absolute Gasteiger partial charge is 0.465 e. The van der Waals surface area contributed by atoms with Crippen molar-refractivity contribution in [3.63, 3.8) is 0 Å². The van der Waals surface area contributed by atoms with Crippen LogP contribution >= 0.6 is 0 Å². The lowest BCUT2D eigenvalue weighted by Gasteiger charge is -2.11. The Morgan fingerprint density at radius 3 is 2.29 bits per heavy atom. The molecule has 3 N–H and O–H groups in total. The number of methoxy groups -OCH3 is 2. The summed E-state index contributed by atoms with van der Waals surface area (Å²) in [7, 11) is 2.34. The maximum absolute atomic E-state index is 11.9. The van der Waals surface area contributed by atoms with E-state index in [0.717, 1.165) is 7.11 Å². The zero-order valence-corrected chi connectivity index (χ0v) is 13.3. The lowest BCUT2D eigenvalue weighted by Crippen LogP contribution is -2.36. The summed E-state index contributed by atoms with van der Waals surface area (Å²) in [6.45, 7) is -0.00955. The molecule has 0 saturated carbocycles. The summed E-state index contributed by atoms with van der Waals surface area (Å²) >= 11 is 0. The number of carbonyl (C=O) groups is 4. The number of nitrogens with one attached hydrogen (secondary N) is 2. The summed E-state index contributed by atoms with van der Waals surface area (Å²) in [5, 5.41) is 13.2. The number of rotatable bonds is 6. The minimum atomic E-state index is -1.03. The Bertz CT molecular complexity index is 643.